The number of hydrogen-bond acceptors (Lipinski definition) is 3. The topological polar surface area (TPSA) is 77.8 Å². The van der Waals surface area contributed by atoms with Gasteiger partial charge in [0.25, 0.3) is 5.56 Å². The molecule has 30 heavy (non-hydrogen) atoms. The lowest BCUT2D eigenvalue weighted by Crippen LogP contribution is -2.35. The third-order valence-corrected chi connectivity index (χ3v) is 6.49. The van der Waals surface area contributed by atoms with Gasteiger partial charge >= 0.3 is 5.97 Å². The molecule has 1 aliphatic heterocycles. The fourth-order valence-electron chi connectivity index (χ4n) is 4.94. The molecule has 156 valence electrons. The van der Waals surface area contributed by atoms with E-state index in [4.69, 9.17) is 0 Å². The maximum absolute atomic E-state index is 15.5. The van der Waals surface area contributed by atoms with Crippen molar-refractivity contribution in [3.8, 4) is 0 Å². The molecule has 6 nitrogen and oxygen atoms in total. The van der Waals surface area contributed by atoms with Crippen LogP contribution in [0.4, 0.5) is 10.1 Å². The number of piperidine rings is 1. The summed E-state index contributed by atoms with van der Waals surface area (Å²) in [6.07, 6.45) is 9.91. The summed E-state index contributed by atoms with van der Waals surface area (Å²) < 4.78 is 16.7. The highest BCUT2D eigenvalue weighted by molar-refractivity contribution is 5.89. The standard InChI is InChI=1S/C23H24FN3O3/c1-13-20-16(14-5-6-14)10-17(23(29)30)22(28)27(20)12-18(24)21(13)26-9-3-2-4-19(26)15-7-8-25-11-15/h7-8,10-12,14,19,25H,2-6,9H2,1H3,(H,29,30). The van der Waals surface area contributed by atoms with Crippen LogP contribution in [0, 0.1) is 12.7 Å². The number of pyridine rings is 2. The lowest BCUT2D eigenvalue weighted by atomic mass is 9.94. The van der Waals surface area contributed by atoms with Gasteiger partial charge in [0.1, 0.15) is 5.56 Å². The molecule has 0 aromatic carbocycles. The molecule has 1 atom stereocenters. The third kappa shape index (κ3) is 2.91. The summed E-state index contributed by atoms with van der Waals surface area (Å²) in [5.41, 5.74) is 2.84. The monoisotopic (exact) mass is 409 g/mol. The fraction of sp³-hybridized carbons (Fsp3) is 0.391. The van der Waals surface area contributed by atoms with E-state index >= 15 is 4.39 Å². The molecule has 3 aromatic heterocycles. The first-order chi connectivity index (χ1) is 14.5. The molecule has 2 aliphatic rings. The van der Waals surface area contributed by atoms with Gasteiger partial charge in [0.05, 0.1) is 23.4 Å². The molecule has 1 saturated heterocycles. The number of rotatable bonds is 4. The van der Waals surface area contributed by atoms with Crippen LogP contribution >= 0.6 is 0 Å². The number of carbonyl (C=O) groups is 1. The van der Waals surface area contributed by atoms with Crippen molar-refractivity contribution in [1.29, 1.82) is 0 Å². The first-order valence-electron chi connectivity index (χ1n) is 10.5. The zero-order valence-corrected chi connectivity index (χ0v) is 16.8. The Balaban J connectivity index is 1.76. The van der Waals surface area contributed by atoms with E-state index in [1.807, 2.05) is 25.4 Å². The van der Waals surface area contributed by atoms with Crippen molar-refractivity contribution in [3.63, 3.8) is 0 Å². The van der Waals surface area contributed by atoms with E-state index in [1.165, 1.54) is 16.7 Å². The molecule has 1 unspecified atom stereocenters. The van der Waals surface area contributed by atoms with Crippen molar-refractivity contribution in [3.05, 3.63) is 69.1 Å². The second-order valence-electron chi connectivity index (χ2n) is 8.42. The summed E-state index contributed by atoms with van der Waals surface area (Å²) in [7, 11) is 0. The van der Waals surface area contributed by atoms with Crippen LogP contribution in [0.1, 0.15) is 71.1 Å². The van der Waals surface area contributed by atoms with Crippen LogP contribution < -0.4 is 10.5 Å². The van der Waals surface area contributed by atoms with Crippen molar-refractivity contribution in [1.82, 2.24) is 9.38 Å². The molecule has 0 radical (unpaired) electrons. The summed E-state index contributed by atoms with van der Waals surface area (Å²) in [5.74, 6) is -1.55. The number of H-pyrrole nitrogens is 1. The fourth-order valence-corrected chi connectivity index (χ4v) is 4.94. The van der Waals surface area contributed by atoms with E-state index in [0.717, 1.165) is 49.8 Å². The van der Waals surface area contributed by atoms with Crippen LogP contribution in [-0.4, -0.2) is 27.0 Å². The van der Waals surface area contributed by atoms with E-state index in [-0.39, 0.29) is 17.5 Å². The Morgan fingerprint density at radius 2 is 2.07 bits per heavy atom. The number of carboxylic acids is 1. The van der Waals surface area contributed by atoms with Crippen LogP contribution in [0.25, 0.3) is 5.52 Å². The Kier molecular flexibility index (Phi) is 4.41. The van der Waals surface area contributed by atoms with Gasteiger partial charge in [-0.1, -0.05) is 0 Å². The number of aromatic nitrogens is 2. The van der Waals surface area contributed by atoms with Gasteiger partial charge in [0, 0.05) is 18.9 Å². The lowest BCUT2D eigenvalue weighted by molar-refractivity contribution is 0.0694. The molecule has 0 bridgehead atoms. The highest BCUT2D eigenvalue weighted by atomic mass is 19.1. The Hall–Kier alpha value is -3.09. The van der Waals surface area contributed by atoms with Gasteiger partial charge in [-0.25, -0.2) is 9.18 Å². The number of nitrogens with one attached hydrogen (secondary N) is 1. The van der Waals surface area contributed by atoms with Gasteiger partial charge in [0.2, 0.25) is 0 Å². The second-order valence-corrected chi connectivity index (χ2v) is 8.42. The predicted molar refractivity (Wildman–Crippen MR) is 112 cm³/mol. The number of anilines is 1. The molecule has 4 heterocycles. The van der Waals surface area contributed by atoms with Gasteiger partial charge in [-0.2, -0.15) is 0 Å². The minimum atomic E-state index is -1.28. The van der Waals surface area contributed by atoms with Crippen molar-refractivity contribution in [2.45, 2.75) is 51.0 Å². The molecule has 1 saturated carbocycles. The molecule has 0 spiro atoms. The molecule has 3 aromatic rings. The van der Waals surface area contributed by atoms with Gasteiger partial charge in [-0.3, -0.25) is 9.20 Å². The second kappa shape index (κ2) is 7.00. The first-order valence-corrected chi connectivity index (χ1v) is 10.5. The quantitative estimate of drug-likeness (QED) is 0.670. The number of halogens is 1. The van der Waals surface area contributed by atoms with E-state index in [1.54, 1.807) is 0 Å². The Bertz CT molecular complexity index is 1190. The van der Waals surface area contributed by atoms with Crippen molar-refractivity contribution < 1.29 is 14.3 Å². The molecule has 5 rings (SSSR count). The summed E-state index contributed by atoms with van der Waals surface area (Å²) >= 11 is 0. The maximum atomic E-state index is 15.5. The number of carboxylic acid groups (broad SMARTS) is 1. The molecule has 1 aliphatic carbocycles. The minimum absolute atomic E-state index is 0.0649. The average molecular weight is 409 g/mol. The summed E-state index contributed by atoms with van der Waals surface area (Å²) in [4.78, 5) is 29.6. The summed E-state index contributed by atoms with van der Waals surface area (Å²) in [5, 5.41) is 9.47. The van der Waals surface area contributed by atoms with Crippen molar-refractivity contribution >= 4 is 17.2 Å². The van der Waals surface area contributed by atoms with Gasteiger partial charge in [-0.15, -0.1) is 0 Å². The molecular weight excluding hydrogens is 385 g/mol. The SMILES string of the molecule is Cc1c(N2CCCCC2c2cc[nH]c2)c(F)cn2c(=O)c(C(=O)O)cc(C3CC3)c12. The van der Waals surface area contributed by atoms with Crippen LogP contribution in [0.5, 0.6) is 0 Å². The van der Waals surface area contributed by atoms with Gasteiger partial charge in [-0.05, 0) is 73.8 Å². The lowest BCUT2D eigenvalue weighted by Gasteiger charge is -2.38. The first kappa shape index (κ1) is 18.9. The number of nitrogens with zero attached hydrogens (tertiary/aromatic N) is 2. The maximum Gasteiger partial charge on any atom is 0.341 e. The summed E-state index contributed by atoms with van der Waals surface area (Å²) in [6, 6.07) is 3.60. The number of aryl methyl sites for hydroxylation is 1. The number of aromatic amines is 1. The van der Waals surface area contributed by atoms with E-state index in [9.17, 15) is 14.7 Å². The van der Waals surface area contributed by atoms with Gasteiger partial charge < -0.3 is 15.0 Å². The van der Waals surface area contributed by atoms with E-state index in [2.05, 4.69) is 9.88 Å². The normalized spacial score (nSPS) is 19.4. The van der Waals surface area contributed by atoms with Crippen LogP contribution in [0.2, 0.25) is 0 Å². The molecule has 7 heteroatoms. The molecule has 2 N–H and O–H groups in total. The van der Waals surface area contributed by atoms with Gasteiger partial charge in [0.15, 0.2) is 5.82 Å². The smallest absolute Gasteiger partial charge is 0.341 e. The number of fused-ring (bicyclic) bond motifs is 1. The van der Waals surface area contributed by atoms with E-state index < -0.39 is 17.3 Å². The minimum Gasteiger partial charge on any atom is -0.477 e. The van der Waals surface area contributed by atoms with Crippen molar-refractivity contribution in [2.24, 2.45) is 0 Å². The largest absolute Gasteiger partial charge is 0.477 e. The molecule has 2 fully saturated rings. The zero-order chi connectivity index (χ0) is 21.0. The van der Waals surface area contributed by atoms with Crippen LogP contribution in [0.15, 0.2) is 35.5 Å². The number of aromatic carboxylic acids is 1. The molecular formula is C23H24FN3O3. The Morgan fingerprint density at radius 1 is 1.27 bits per heavy atom. The molecule has 0 amide bonds. The zero-order valence-electron chi connectivity index (χ0n) is 16.8. The number of hydrogen-bond donors (Lipinski definition) is 2. The Labute approximate surface area is 173 Å². The van der Waals surface area contributed by atoms with E-state index in [0.29, 0.717) is 16.8 Å². The highest BCUT2D eigenvalue weighted by Crippen LogP contribution is 2.45. The highest BCUT2D eigenvalue weighted by Gasteiger charge is 2.33. The van der Waals surface area contributed by atoms with Crippen molar-refractivity contribution in [2.75, 3.05) is 11.4 Å². The van der Waals surface area contributed by atoms with Crippen LogP contribution in [-0.2, 0) is 0 Å². The third-order valence-electron chi connectivity index (χ3n) is 6.49. The van der Waals surface area contributed by atoms with Crippen LogP contribution in [0.3, 0.4) is 0 Å². The Morgan fingerprint density at radius 3 is 2.73 bits per heavy atom. The average Bonchev–Trinajstić information content (AvgIpc) is 3.42. The summed E-state index contributed by atoms with van der Waals surface area (Å²) in [6.45, 7) is 2.59. The predicted octanol–water partition coefficient (Wildman–Crippen LogP) is 4.38.